The highest BCUT2D eigenvalue weighted by Crippen LogP contribution is 2.30. The molecular weight excluding hydrogens is 328 g/mol. The van der Waals surface area contributed by atoms with Crippen LogP contribution in [0.3, 0.4) is 0 Å². The molecular formula is C21H20N2O3. The lowest BCUT2D eigenvalue weighted by Crippen LogP contribution is -2.17. The van der Waals surface area contributed by atoms with E-state index in [1.54, 1.807) is 24.3 Å². The van der Waals surface area contributed by atoms with Crippen molar-refractivity contribution in [2.75, 3.05) is 5.32 Å². The monoisotopic (exact) mass is 348 g/mol. The van der Waals surface area contributed by atoms with Gasteiger partial charge in [0.1, 0.15) is 0 Å². The van der Waals surface area contributed by atoms with Gasteiger partial charge < -0.3 is 9.73 Å². The van der Waals surface area contributed by atoms with Crippen LogP contribution in [-0.4, -0.2) is 16.7 Å². The Hall–Kier alpha value is -3.21. The summed E-state index contributed by atoms with van der Waals surface area (Å²) >= 11 is 0. The van der Waals surface area contributed by atoms with E-state index in [4.69, 9.17) is 4.42 Å². The maximum absolute atomic E-state index is 12.0. The van der Waals surface area contributed by atoms with E-state index in [1.165, 1.54) is 6.92 Å². The molecule has 0 bridgehead atoms. The fraction of sp³-hybridized carbons (Fsp3) is 0.190. The van der Waals surface area contributed by atoms with Crippen molar-refractivity contribution in [1.29, 1.82) is 0 Å². The van der Waals surface area contributed by atoms with Gasteiger partial charge in [-0.1, -0.05) is 32.0 Å². The molecule has 26 heavy (non-hydrogen) atoms. The lowest BCUT2D eigenvalue weighted by molar-refractivity contribution is -0.118. The van der Waals surface area contributed by atoms with E-state index < -0.39 is 0 Å². The Kier molecular flexibility index (Phi) is 4.98. The van der Waals surface area contributed by atoms with Crippen molar-refractivity contribution in [2.24, 2.45) is 5.92 Å². The third kappa shape index (κ3) is 3.72. The maximum Gasteiger partial charge on any atom is 0.227 e. The van der Waals surface area contributed by atoms with E-state index in [-0.39, 0.29) is 17.6 Å². The van der Waals surface area contributed by atoms with Gasteiger partial charge in [0.25, 0.3) is 0 Å². The molecule has 3 aromatic rings. The fourth-order valence-corrected chi connectivity index (χ4v) is 2.45. The Bertz CT molecular complexity index is 926. The van der Waals surface area contributed by atoms with E-state index in [1.807, 2.05) is 44.2 Å². The minimum Gasteiger partial charge on any atom is -0.435 e. The van der Waals surface area contributed by atoms with Crippen molar-refractivity contribution < 1.29 is 14.0 Å². The molecule has 0 radical (unpaired) electrons. The van der Waals surface area contributed by atoms with Gasteiger partial charge in [-0.25, -0.2) is 4.98 Å². The normalized spacial score (nSPS) is 10.8. The highest BCUT2D eigenvalue weighted by Gasteiger charge is 2.19. The Balaban J connectivity index is 1.94. The lowest BCUT2D eigenvalue weighted by atomic mass is 10.1. The van der Waals surface area contributed by atoms with Crippen LogP contribution in [0.1, 0.15) is 31.3 Å². The van der Waals surface area contributed by atoms with E-state index in [0.29, 0.717) is 23.0 Å². The van der Waals surface area contributed by atoms with Crippen molar-refractivity contribution in [3.05, 3.63) is 60.3 Å². The molecule has 1 N–H and O–H groups in total. The highest BCUT2D eigenvalue weighted by molar-refractivity contribution is 5.98. The average molecular weight is 348 g/mol. The third-order valence-corrected chi connectivity index (χ3v) is 3.92. The van der Waals surface area contributed by atoms with Gasteiger partial charge in [-0.05, 0) is 36.4 Å². The van der Waals surface area contributed by atoms with Crippen LogP contribution in [0.5, 0.6) is 0 Å². The highest BCUT2D eigenvalue weighted by atomic mass is 16.4. The Morgan fingerprint density at radius 1 is 0.962 bits per heavy atom. The molecule has 2 aromatic carbocycles. The van der Waals surface area contributed by atoms with Gasteiger partial charge in [0, 0.05) is 29.7 Å². The van der Waals surface area contributed by atoms with Gasteiger partial charge in [0.05, 0.1) is 0 Å². The molecule has 0 aliphatic rings. The first kappa shape index (κ1) is 17.6. The van der Waals surface area contributed by atoms with Gasteiger partial charge in [-0.2, -0.15) is 0 Å². The molecule has 5 nitrogen and oxygen atoms in total. The van der Waals surface area contributed by atoms with Gasteiger partial charge >= 0.3 is 0 Å². The topological polar surface area (TPSA) is 72.2 Å². The summed E-state index contributed by atoms with van der Waals surface area (Å²) in [4.78, 5) is 28.1. The van der Waals surface area contributed by atoms with E-state index in [0.717, 1.165) is 11.1 Å². The second-order valence-electron chi connectivity index (χ2n) is 6.34. The molecule has 0 fully saturated rings. The number of carbonyl (C=O) groups is 2. The summed E-state index contributed by atoms with van der Waals surface area (Å²) in [6.07, 6.45) is 0. The van der Waals surface area contributed by atoms with Crippen LogP contribution in [0.2, 0.25) is 0 Å². The van der Waals surface area contributed by atoms with Crippen LogP contribution in [0.15, 0.2) is 59.0 Å². The number of hydrogen-bond donors (Lipinski definition) is 1. The number of amides is 1. The number of nitrogens with one attached hydrogen (secondary N) is 1. The summed E-state index contributed by atoms with van der Waals surface area (Å²) in [5.74, 6) is 0.527. The molecule has 0 atom stereocenters. The standard InChI is InChI=1S/C21H20N2O3/c1-13(2)20(25)22-17-11-9-15(10-12-17)19-18(14(3)24)23-21(26-19)16-7-5-4-6-8-16/h4-13H,1-3H3,(H,22,25). The molecule has 0 saturated heterocycles. The predicted octanol–water partition coefficient (Wildman–Crippen LogP) is 4.81. The summed E-state index contributed by atoms with van der Waals surface area (Å²) < 4.78 is 5.89. The predicted molar refractivity (Wildman–Crippen MR) is 101 cm³/mol. The Morgan fingerprint density at radius 3 is 2.19 bits per heavy atom. The number of anilines is 1. The van der Waals surface area contributed by atoms with E-state index >= 15 is 0 Å². The van der Waals surface area contributed by atoms with Crippen LogP contribution in [0.25, 0.3) is 22.8 Å². The zero-order chi connectivity index (χ0) is 18.7. The van der Waals surface area contributed by atoms with Gasteiger partial charge in [-0.3, -0.25) is 9.59 Å². The van der Waals surface area contributed by atoms with Crippen LogP contribution < -0.4 is 5.32 Å². The molecule has 0 spiro atoms. The van der Waals surface area contributed by atoms with E-state index in [2.05, 4.69) is 10.3 Å². The van der Waals surface area contributed by atoms with Crippen molar-refractivity contribution in [2.45, 2.75) is 20.8 Å². The third-order valence-electron chi connectivity index (χ3n) is 3.92. The van der Waals surface area contributed by atoms with Crippen LogP contribution in [0, 0.1) is 5.92 Å². The van der Waals surface area contributed by atoms with Crippen LogP contribution >= 0.6 is 0 Å². The quantitative estimate of drug-likeness (QED) is 0.672. The maximum atomic E-state index is 12.0. The smallest absolute Gasteiger partial charge is 0.227 e. The fourth-order valence-electron chi connectivity index (χ4n) is 2.45. The van der Waals surface area contributed by atoms with Crippen molar-refractivity contribution in [1.82, 2.24) is 4.98 Å². The van der Waals surface area contributed by atoms with Crippen molar-refractivity contribution >= 4 is 17.4 Å². The number of ketones is 1. The number of benzene rings is 2. The van der Waals surface area contributed by atoms with Gasteiger partial charge in [0.2, 0.25) is 11.8 Å². The van der Waals surface area contributed by atoms with Gasteiger partial charge in [0.15, 0.2) is 17.2 Å². The second kappa shape index (κ2) is 7.35. The summed E-state index contributed by atoms with van der Waals surface area (Å²) in [6, 6.07) is 16.6. The zero-order valence-corrected chi connectivity index (χ0v) is 14.9. The molecule has 0 aliphatic heterocycles. The first-order valence-electron chi connectivity index (χ1n) is 8.44. The van der Waals surface area contributed by atoms with Crippen LogP contribution in [-0.2, 0) is 4.79 Å². The van der Waals surface area contributed by atoms with E-state index in [9.17, 15) is 9.59 Å². The molecule has 1 amide bonds. The number of nitrogens with zero attached hydrogens (tertiary/aromatic N) is 1. The summed E-state index contributed by atoms with van der Waals surface area (Å²) in [6.45, 7) is 5.14. The van der Waals surface area contributed by atoms with Crippen LogP contribution in [0.4, 0.5) is 5.69 Å². The number of Topliss-reactive ketones (excluding diaryl/α,β-unsaturated/α-hetero) is 1. The first-order chi connectivity index (χ1) is 12.5. The zero-order valence-electron chi connectivity index (χ0n) is 14.9. The molecule has 132 valence electrons. The molecule has 0 unspecified atom stereocenters. The molecule has 1 heterocycles. The minimum atomic E-state index is -0.164. The molecule has 0 saturated carbocycles. The molecule has 1 aromatic heterocycles. The number of aromatic nitrogens is 1. The summed E-state index contributed by atoms with van der Waals surface area (Å²) in [5.41, 5.74) is 2.52. The van der Waals surface area contributed by atoms with Gasteiger partial charge in [-0.15, -0.1) is 0 Å². The molecule has 3 rings (SSSR count). The Morgan fingerprint density at radius 2 is 1.62 bits per heavy atom. The Labute approximate surface area is 152 Å². The average Bonchev–Trinajstić information content (AvgIpc) is 3.09. The van der Waals surface area contributed by atoms with Crippen molar-refractivity contribution in [3.8, 4) is 22.8 Å². The number of rotatable bonds is 5. The second-order valence-corrected chi connectivity index (χ2v) is 6.34. The minimum absolute atomic E-state index is 0.0480. The molecule has 0 aliphatic carbocycles. The summed E-state index contributed by atoms with van der Waals surface area (Å²) in [7, 11) is 0. The first-order valence-corrected chi connectivity index (χ1v) is 8.44. The lowest BCUT2D eigenvalue weighted by Gasteiger charge is -2.08. The number of oxazole rings is 1. The number of carbonyl (C=O) groups excluding carboxylic acids is 2. The van der Waals surface area contributed by atoms with Crippen molar-refractivity contribution in [3.63, 3.8) is 0 Å². The largest absolute Gasteiger partial charge is 0.435 e. The SMILES string of the molecule is CC(=O)c1nc(-c2ccccc2)oc1-c1ccc(NC(=O)C(C)C)cc1. The molecule has 5 heteroatoms. The summed E-state index contributed by atoms with van der Waals surface area (Å²) in [5, 5.41) is 2.84. The number of hydrogen-bond acceptors (Lipinski definition) is 4.